The number of rotatable bonds is 2. The number of sulfone groups is 1. The van der Waals surface area contributed by atoms with Crippen LogP contribution in [0.4, 0.5) is 13.2 Å². The molecule has 0 saturated heterocycles. The molecule has 0 aliphatic carbocycles. The van der Waals surface area contributed by atoms with E-state index in [0.717, 1.165) is 17.1 Å². The largest absolute Gasteiger partial charge is 0.488 e. The van der Waals surface area contributed by atoms with Crippen LogP contribution in [-0.4, -0.2) is 29.4 Å². The fourth-order valence-electron chi connectivity index (χ4n) is 2.91. The third kappa shape index (κ3) is 2.95. The Balaban J connectivity index is 1.96. The highest BCUT2D eigenvalue weighted by atomic mass is 32.2. The maximum Gasteiger partial charge on any atom is 0.435 e. The van der Waals surface area contributed by atoms with Crippen molar-refractivity contribution in [1.82, 2.24) is 14.8 Å². The van der Waals surface area contributed by atoms with E-state index in [4.69, 9.17) is 4.74 Å². The Kier molecular flexibility index (Phi) is 3.77. The van der Waals surface area contributed by atoms with E-state index in [1.165, 1.54) is 12.1 Å². The summed E-state index contributed by atoms with van der Waals surface area (Å²) in [6, 6.07) is 9.29. The van der Waals surface area contributed by atoms with Crippen molar-refractivity contribution >= 4 is 9.84 Å². The van der Waals surface area contributed by atoms with Crippen molar-refractivity contribution in [3.63, 3.8) is 0 Å². The van der Waals surface area contributed by atoms with E-state index >= 15 is 0 Å². The number of hydrogen-bond donors (Lipinski definition) is 0. The molecule has 2 aromatic heterocycles. The first kappa shape index (κ1) is 17.5. The predicted octanol–water partition coefficient (Wildman–Crippen LogP) is 3.25. The smallest absolute Gasteiger partial charge is 0.435 e. The monoisotopic (exact) mass is 395 g/mol. The minimum atomic E-state index is -4.67. The molecule has 0 amide bonds. The first-order valence-electron chi connectivity index (χ1n) is 7.74. The van der Waals surface area contributed by atoms with Gasteiger partial charge in [0.15, 0.2) is 21.3 Å². The third-order valence-electron chi connectivity index (χ3n) is 4.13. The summed E-state index contributed by atoms with van der Waals surface area (Å²) in [5, 5.41) is 3.72. The normalized spacial score (nSPS) is 13.6. The van der Waals surface area contributed by atoms with Crippen LogP contribution in [0.3, 0.4) is 0 Å². The van der Waals surface area contributed by atoms with Gasteiger partial charge in [-0.15, -0.1) is 0 Å². The molecule has 0 unspecified atom stereocenters. The number of fused-ring (bicyclic) bond motifs is 3. The highest BCUT2D eigenvalue weighted by Crippen LogP contribution is 2.43. The standard InChI is InChI=1S/C17H12F3N3O3S/c1-27(24,25)10-6-7-14(21-8-10)23-15-11-4-2-3-5-13(11)26-9-12(15)16(22-23)17(18,19)20/h2-8H,9H2,1H3. The average Bonchev–Trinajstić information content (AvgIpc) is 3.01. The molecule has 3 heterocycles. The van der Waals surface area contributed by atoms with Crippen LogP contribution < -0.4 is 4.74 Å². The van der Waals surface area contributed by atoms with Crippen molar-refractivity contribution in [3.05, 3.63) is 53.9 Å². The van der Waals surface area contributed by atoms with Gasteiger partial charge in [-0.1, -0.05) is 12.1 Å². The summed E-state index contributed by atoms with van der Waals surface area (Å²) >= 11 is 0. The van der Waals surface area contributed by atoms with Crippen LogP contribution >= 0.6 is 0 Å². The van der Waals surface area contributed by atoms with Crippen LogP contribution in [0.25, 0.3) is 17.1 Å². The minimum absolute atomic E-state index is 0.0351. The second-order valence-corrected chi connectivity index (χ2v) is 8.01. The van der Waals surface area contributed by atoms with Crippen molar-refractivity contribution in [2.75, 3.05) is 6.26 Å². The minimum Gasteiger partial charge on any atom is -0.488 e. The van der Waals surface area contributed by atoms with Gasteiger partial charge >= 0.3 is 6.18 Å². The number of pyridine rings is 1. The summed E-state index contributed by atoms with van der Waals surface area (Å²) in [7, 11) is -3.48. The number of aromatic nitrogens is 3. The van der Waals surface area contributed by atoms with Crippen LogP contribution in [0.1, 0.15) is 11.3 Å². The summed E-state index contributed by atoms with van der Waals surface area (Å²) in [6.07, 6.45) is -2.55. The van der Waals surface area contributed by atoms with E-state index in [-0.39, 0.29) is 28.6 Å². The fraction of sp³-hybridized carbons (Fsp3) is 0.176. The number of para-hydroxylation sites is 1. The maximum atomic E-state index is 13.5. The molecule has 140 valence electrons. The molecule has 4 rings (SSSR count). The molecular weight excluding hydrogens is 383 g/mol. The van der Waals surface area contributed by atoms with Crippen LogP contribution in [0.5, 0.6) is 5.75 Å². The molecule has 3 aromatic rings. The van der Waals surface area contributed by atoms with Gasteiger partial charge in [0, 0.05) is 23.6 Å². The molecule has 6 nitrogen and oxygen atoms in total. The van der Waals surface area contributed by atoms with Crippen LogP contribution in [0.15, 0.2) is 47.5 Å². The van der Waals surface area contributed by atoms with Crippen molar-refractivity contribution in [2.24, 2.45) is 0 Å². The van der Waals surface area contributed by atoms with Gasteiger partial charge in [-0.3, -0.25) is 0 Å². The maximum absolute atomic E-state index is 13.5. The summed E-state index contributed by atoms with van der Waals surface area (Å²) in [5.74, 6) is 0.512. The Morgan fingerprint density at radius 1 is 1.15 bits per heavy atom. The summed E-state index contributed by atoms with van der Waals surface area (Å²) in [4.78, 5) is 3.97. The van der Waals surface area contributed by atoms with Gasteiger partial charge in [-0.25, -0.2) is 18.1 Å². The summed E-state index contributed by atoms with van der Waals surface area (Å²) in [6.45, 7) is -0.275. The molecule has 27 heavy (non-hydrogen) atoms. The first-order chi connectivity index (χ1) is 12.7. The molecule has 0 atom stereocenters. The molecule has 10 heteroatoms. The Morgan fingerprint density at radius 2 is 1.89 bits per heavy atom. The lowest BCUT2D eigenvalue weighted by atomic mass is 10.0. The Bertz CT molecular complexity index is 1140. The number of benzene rings is 1. The van der Waals surface area contributed by atoms with Crippen LogP contribution in [-0.2, 0) is 22.6 Å². The number of halogens is 3. The van der Waals surface area contributed by atoms with Crippen molar-refractivity contribution in [1.29, 1.82) is 0 Å². The first-order valence-corrected chi connectivity index (χ1v) is 9.63. The fourth-order valence-corrected chi connectivity index (χ4v) is 3.47. The zero-order valence-electron chi connectivity index (χ0n) is 13.9. The van der Waals surface area contributed by atoms with Gasteiger partial charge in [0.2, 0.25) is 0 Å². The molecular formula is C17H12F3N3O3S. The zero-order valence-corrected chi connectivity index (χ0v) is 14.7. The molecule has 1 aliphatic heterocycles. The number of hydrogen-bond acceptors (Lipinski definition) is 5. The van der Waals surface area contributed by atoms with Crippen molar-refractivity contribution in [2.45, 2.75) is 17.7 Å². The number of nitrogens with zero attached hydrogens (tertiary/aromatic N) is 3. The lowest BCUT2D eigenvalue weighted by Crippen LogP contribution is -2.12. The third-order valence-corrected chi connectivity index (χ3v) is 5.23. The topological polar surface area (TPSA) is 74.1 Å². The van der Waals surface area contributed by atoms with E-state index in [1.54, 1.807) is 24.3 Å². The molecule has 0 radical (unpaired) electrons. The molecule has 1 aliphatic rings. The van der Waals surface area contributed by atoms with Crippen LogP contribution in [0, 0.1) is 0 Å². The number of alkyl halides is 3. The van der Waals surface area contributed by atoms with Gasteiger partial charge in [0.1, 0.15) is 12.4 Å². The number of ether oxygens (including phenoxy) is 1. The van der Waals surface area contributed by atoms with Crippen molar-refractivity contribution < 1.29 is 26.3 Å². The second-order valence-electron chi connectivity index (χ2n) is 5.99. The highest BCUT2D eigenvalue weighted by molar-refractivity contribution is 7.90. The quantitative estimate of drug-likeness (QED) is 0.666. The molecule has 1 aromatic carbocycles. The Hall–Kier alpha value is -2.88. The Labute approximate surface area is 152 Å². The molecule has 0 bridgehead atoms. The van der Waals surface area contributed by atoms with Gasteiger partial charge in [-0.2, -0.15) is 18.3 Å². The molecule has 0 saturated carbocycles. The molecule has 0 spiro atoms. The van der Waals surface area contributed by atoms with Gasteiger partial charge in [-0.05, 0) is 24.3 Å². The van der Waals surface area contributed by atoms with E-state index in [2.05, 4.69) is 10.1 Å². The zero-order chi connectivity index (χ0) is 19.4. The lowest BCUT2D eigenvalue weighted by molar-refractivity contribution is -0.142. The van der Waals surface area contributed by atoms with Gasteiger partial charge in [0.05, 0.1) is 10.6 Å². The molecule has 0 N–H and O–H groups in total. The summed E-state index contributed by atoms with van der Waals surface area (Å²) in [5.41, 5.74) is -0.462. The van der Waals surface area contributed by atoms with Gasteiger partial charge < -0.3 is 4.74 Å². The molecule has 0 fully saturated rings. The Morgan fingerprint density at radius 3 is 2.52 bits per heavy atom. The van der Waals surface area contributed by atoms with Crippen molar-refractivity contribution in [3.8, 4) is 22.8 Å². The highest BCUT2D eigenvalue weighted by Gasteiger charge is 2.41. The van der Waals surface area contributed by atoms with E-state index in [1.807, 2.05) is 0 Å². The lowest BCUT2D eigenvalue weighted by Gasteiger charge is -2.19. The average molecular weight is 395 g/mol. The predicted molar refractivity (Wildman–Crippen MR) is 89.2 cm³/mol. The van der Waals surface area contributed by atoms with Crippen LogP contribution in [0.2, 0.25) is 0 Å². The van der Waals surface area contributed by atoms with E-state index < -0.39 is 21.7 Å². The van der Waals surface area contributed by atoms with E-state index in [0.29, 0.717) is 11.3 Å². The second kappa shape index (κ2) is 5.81. The van der Waals surface area contributed by atoms with E-state index in [9.17, 15) is 21.6 Å². The SMILES string of the molecule is CS(=O)(=O)c1ccc(-n2nc(C(F)(F)F)c3c2-c2ccccc2OC3)nc1. The summed E-state index contributed by atoms with van der Waals surface area (Å²) < 4.78 is 70.1. The van der Waals surface area contributed by atoms with Gasteiger partial charge in [0.25, 0.3) is 0 Å².